The van der Waals surface area contributed by atoms with Crippen molar-refractivity contribution < 1.29 is 8.95 Å². The second-order valence-corrected chi connectivity index (χ2v) is 6.10. The zero-order chi connectivity index (χ0) is 11.1. The quantitative estimate of drug-likeness (QED) is 0.518. The molecule has 0 aliphatic carbocycles. The van der Waals surface area contributed by atoms with Crippen LogP contribution in [0.2, 0.25) is 0 Å². The predicted octanol–water partition coefficient (Wildman–Crippen LogP) is 3.01. The van der Waals surface area contributed by atoms with Gasteiger partial charge in [0.25, 0.3) is 0 Å². The van der Waals surface area contributed by atoms with E-state index in [1.807, 2.05) is 13.0 Å². The third-order valence-electron chi connectivity index (χ3n) is 3.22. The van der Waals surface area contributed by atoms with Crippen LogP contribution in [0.1, 0.15) is 46.0 Å². The van der Waals surface area contributed by atoms with Gasteiger partial charge in [0.05, 0.1) is 12.9 Å². The average Bonchev–Trinajstić information content (AvgIpc) is 2.61. The van der Waals surface area contributed by atoms with Gasteiger partial charge in [-0.25, -0.2) is 0 Å². The molecule has 0 aromatic carbocycles. The van der Waals surface area contributed by atoms with Gasteiger partial charge in [0.15, 0.2) is 0 Å². The Kier molecular flexibility index (Phi) is 5.37. The van der Waals surface area contributed by atoms with Crippen molar-refractivity contribution in [2.75, 3.05) is 12.4 Å². The van der Waals surface area contributed by atoms with Gasteiger partial charge < -0.3 is 4.74 Å². The fraction of sp³-hybridized carbons (Fsp3) is 0.833. The highest BCUT2D eigenvalue weighted by molar-refractivity contribution is 7.86. The maximum Gasteiger partial charge on any atom is 0.0873 e. The van der Waals surface area contributed by atoms with E-state index in [2.05, 4.69) is 6.92 Å². The molecule has 1 aliphatic rings. The summed E-state index contributed by atoms with van der Waals surface area (Å²) in [4.78, 5) is 0. The number of allylic oxidation sites excluding steroid dienone is 1. The molecule has 0 aromatic heterocycles. The summed E-state index contributed by atoms with van der Waals surface area (Å²) in [5, 5.41) is 0. The minimum absolute atomic E-state index is 0.110. The average molecular weight is 230 g/mol. The zero-order valence-corrected chi connectivity index (χ0v) is 10.6. The molecular weight excluding hydrogens is 208 g/mol. The first-order valence-electron chi connectivity index (χ1n) is 5.86. The maximum absolute atomic E-state index is 11.9. The summed E-state index contributed by atoms with van der Waals surface area (Å²) in [5.41, 5.74) is 0. The van der Waals surface area contributed by atoms with Crippen LogP contribution in [0.3, 0.4) is 0 Å². The molecule has 0 spiro atoms. The van der Waals surface area contributed by atoms with Gasteiger partial charge >= 0.3 is 0 Å². The molecule has 0 N–H and O–H groups in total. The van der Waals surface area contributed by atoms with Gasteiger partial charge in [-0.1, -0.05) is 13.0 Å². The van der Waals surface area contributed by atoms with E-state index in [0.29, 0.717) is 0 Å². The molecule has 2 nitrogen and oxygen atoms in total. The van der Waals surface area contributed by atoms with Gasteiger partial charge in [0.1, 0.15) is 0 Å². The summed E-state index contributed by atoms with van der Waals surface area (Å²) in [5.74, 6) is 0.906. The first kappa shape index (κ1) is 12.8. The van der Waals surface area contributed by atoms with Gasteiger partial charge in [0, 0.05) is 21.3 Å². The standard InChI is InChI=1S/C12H22O2S/c1-3-9-14-10-5-7-12(4-2)8-6-11-15(12)13/h3,9H,4-8,10-11H2,1-2H3/b9-3+. The lowest BCUT2D eigenvalue weighted by atomic mass is 9.95. The summed E-state index contributed by atoms with van der Waals surface area (Å²) in [6.45, 7) is 4.86. The van der Waals surface area contributed by atoms with Crippen LogP contribution in [0.15, 0.2) is 12.3 Å². The third-order valence-corrected chi connectivity index (χ3v) is 5.54. The first-order valence-corrected chi connectivity index (χ1v) is 7.18. The highest BCUT2D eigenvalue weighted by Crippen LogP contribution is 2.36. The van der Waals surface area contributed by atoms with Crippen LogP contribution in [0.4, 0.5) is 0 Å². The number of hydrogen-bond acceptors (Lipinski definition) is 2. The molecular formula is C12H22O2S. The Labute approximate surface area is 95.5 Å². The van der Waals surface area contributed by atoms with Crippen LogP contribution in [0, 0.1) is 0 Å². The lowest BCUT2D eigenvalue weighted by Gasteiger charge is -2.25. The van der Waals surface area contributed by atoms with Crippen molar-refractivity contribution in [1.82, 2.24) is 0 Å². The van der Waals surface area contributed by atoms with Gasteiger partial charge in [0.2, 0.25) is 0 Å². The van der Waals surface area contributed by atoms with E-state index in [4.69, 9.17) is 4.74 Å². The van der Waals surface area contributed by atoms with E-state index in [1.165, 1.54) is 0 Å². The molecule has 0 saturated carbocycles. The molecule has 2 atom stereocenters. The van der Waals surface area contributed by atoms with Crippen LogP contribution in [0.5, 0.6) is 0 Å². The summed E-state index contributed by atoms with van der Waals surface area (Å²) in [6.07, 6.45) is 9.00. The predicted molar refractivity (Wildman–Crippen MR) is 65.3 cm³/mol. The lowest BCUT2D eigenvalue weighted by molar-refractivity contribution is 0.234. The normalized spacial score (nSPS) is 31.2. The van der Waals surface area contributed by atoms with E-state index in [1.54, 1.807) is 6.26 Å². The Hall–Kier alpha value is -0.310. The SMILES string of the molecule is C/C=C/OCCCC1(CC)CCCS1=O. The number of hydrogen-bond donors (Lipinski definition) is 0. The van der Waals surface area contributed by atoms with E-state index in [-0.39, 0.29) is 4.75 Å². The molecule has 1 aliphatic heterocycles. The van der Waals surface area contributed by atoms with Crippen LogP contribution < -0.4 is 0 Å². The lowest BCUT2D eigenvalue weighted by Crippen LogP contribution is -2.29. The highest BCUT2D eigenvalue weighted by Gasteiger charge is 2.38. The zero-order valence-electron chi connectivity index (χ0n) is 9.83. The molecule has 1 rings (SSSR count). The Morgan fingerprint density at radius 2 is 2.33 bits per heavy atom. The topological polar surface area (TPSA) is 26.3 Å². The molecule has 0 radical (unpaired) electrons. The second kappa shape index (κ2) is 6.31. The molecule has 3 heteroatoms. The molecule has 15 heavy (non-hydrogen) atoms. The van der Waals surface area contributed by atoms with Gasteiger partial charge in [-0.3, -0.25) is 4.21 Å². The molecule has 0 bridgehead atoms. The fourth-order valence-electron chi connectivity index (χ4n) is 2.25. The Morgan fingerprint density at radius 3 is 2.87 bits per heavy atom. The van der Waals surface area contributed by atoms with Crippen molar-refractivity contribution in [3.8, 4) is 0 Å². The Bertz CT molecular complexity index is 238. The van der Waals surface area contributed by atoms with Crippen molar-refractivity contribution in [3.05, 3.63) is 12.3 Å². The van der Waals surface area contributed by atoms with Crippen LogP contribution >= 0.6 is 0 Å². The molecule has 1 heterocycles. The smallest absolute Gasteiger partial charge is 0.0873 e. The van der Waals surface area contributed by atoms with Crippen LogP contribution in [-0.4, -0.2) is 21.3 Å². The van der Waals surface area contributed by atoms with Gasteiger partial charge in [-0.2, -0.15) is 0 Å². The Morgan fingerprint density at radius 1 is 1.53 bits per heavy atom. The molecule has 1 fully saturated rings. The fourth-order valence-corrected chi connectivity index (χ4v) is 4.16. The molecule has 1 saturated heterocycles. The molecule has 0 amide bonds. The number of ether oxygens (including phenoxy) is 1. The summed E-state index contributed by atoms with van der Waals surface area (Å²) in [7, 11) is -0.600. The van der Waals surface area contributed by atoms with Crippen molar-refractivity contribution in [2.24, 2.45) is 0 Å². The van der Waals surface area contributed by atoms with Gasteiger partial charge in [-0.15, -0.1) is 0 Å². The van der Waals surface area contributed by atoms with E-state index in [9.17, 15) is 4.21 Å². The Balaban J connectivity index is 2.31. The summed E-state index contributed by atoms with van der Waals surface area (Å²) >= 11 is 0. The van der Waals surface area contributed by atoms with Gasteiger partial charge in [-0.05, 0) is 39.0 Å². The monoisotopic (exact) mass is 230 g/mol. The van der Waals surface area contributed by atoms with E-state index < -0.39 is 10.8 Å². The summed E-state index contributed by atoms with van der Waals surface area (Å²) < 4.78 is 17.3. The molecule has 0 aromatic rings. The molecule has 88 valence electrons. The van der Waals surface area contributed by atoms with Crippen molar-refractivity contribution >= 4 is 10.8 Å². The van der Waals surface area contributed by atoms with Crippen LogP contribution in [0.25, 0.3) is 0 Å². The first-order chi connectivity index (χ1) is 7.25. The highest BCUT2D eigenvalue weighted by atomic mass is 32.2. The third kappa shape index (κ3) is 3.33. The molecule has 2 unspecified atom stereocenters. The summed E-state index contributed by atoms with van der Waals surface area (Å²) in [6, 6.07) is 0. The minimum atomic E-state index is -0.600. The minimum Gasteiger partial charge on any atom is -0.502 e. The van der Waals surface area contributed by atoms with E-state index in [0.717, 1.165) is 44.5 Å². The second-order valence-electron chi connectivity index (χ2n) is 4.13. The largest absolute Gasteiger partial charge is 0.502 e. The van der Waals surface area contributed by atoms with E-state index >= 15 is 0 Å². The van der Waals surface area contributed by atoms with Crippen molar-refractivity contribution in [3.63, 3.8) is 0 Å². The van der Waals surface area contributed by atoms with Crippen molar-refractivity contribution in [2.45, 2.75) is 50.7 Å². The van der Waals surface area contributed by atoms with Crippen molar-refractivity contribution in [1.29, 1.82) is 0 Å². The number of rotatable bonds is 6. The van der Waals surface area contributed by atoms with Crippen LogP contribution in [-0.2, 0) is 15.5 Å². The maximum atomic E-state index is 11.9.